The zero-order valence-electron chi connectivity index (χ0n) is 12.9. The number of nitrogens with one attached hydrogen (secondary N) is 1. The van der Waals surface area contributed by atoms with Gasteiger partial charge in [-0.05, 0) is 18.9 Å². The number of aromatic nitrogens is 4. The van der Waals surface area contributed by atoms with Crippen molar-refractivity contribution < 1.29 is 0 Å². The molecule has 0 saturated carbocycles. The minimum absolute atomic E-state index is 0.439. The van der Waals surface area contributed by atoms with Gasteiger partial charge >= 0.3 is 0 Å². The van der Waals surface area contributed by atoms with Gasteiger partial charge in [0.05, 0.1) is 0 Å². The van der Waals surface area contributed by atoms with Gasteiger partial charge in [-0.25, -0.2) is 15.0 Å². The maximum Gasteiger partial charge on any atom is 0.161 e. The fraction of sp³-hybridized carbons (Fsp3) is 0.278. The summed E-state index contributed by atoms with van der Waals surface area (Å²) in [4.78, 5) is 13.5. The zero-order valence-corrected chi connectivity index (χ0v) is 12.9. The number of fused-ring (bicyclic) bond motifs is 1. The number of nitrogens with zero attached hydrogens (tertiary/aromatic N) is 4. The Morgan fingerprint density at radius 1 is 1.09 bits per heavy atom. The largest absolute Gasteiger partial charge is 0.369 e. The van der Waals surface area contributed by atoms with Crippen molar-refractivity contribution in [2.45, 2.75) is 25.3 Å². The van der Waals surface area contributed by atoms with E-state index in [4.69, 9.17) is 0 Å². The SMILES string of the molecule is c1ccc(-c2nccc(NCC3CCCn4ccnc43)n2)cc1. The normalized spacial score (nSPS) is 16.8. The molecule has 2 aromatic heterocycles. The average Bonchev–Trinajstić information content (AvgIpc) is 3.10. The fourth-order valence-electron chi connectivity index (χ4n) is 3.11. The Morgan fingerprint density at radius 3 is 2.91 bits per heavy atom. The van der Waals surface area contributed by atoms with E-state index in [2.05, 4.69) is 31.0 Å². The maximum atomic E-state index is 4.62. The van der Waals surface area contributed by atoms with Crippen LogP contribution in [-0.4, -0.2) is 26.1 Å². The summed E-state index contributed by atoms with van der Waals surface area (Å²) in [5.74, 6) is 3.23. The summed E-state index contributed by atoms with van der Waals surface area (Å²) >= 11 is 0. The third-order valence-electron chi connectivity index (χ3n) is 4.28. The number of anilines is 1. The smallest absolute Gasteiger partial charge is 0.161 e. The first-order chi connectivity index (χ1) is 11.4. The lowest BCUT2D eigenvalue weighted by atomic mass is 9.99. The Balaban J connectivity index is 1.48. The molecule has 1 N–H and O–H groups in total. The van der Waals surface area contributed by atoms with E-state index >= 15 is 0 Å². The lowest BCUT2D eigenvalue weighted by molar-refractivity contribution is 0.454. The van der Waals surface area contributed by atoms with Gasteiger partial charge in [-0.15, -0.1) is 0 Å². The van der Waals surface area contributed by atoms with E-state index in [0.29, 0.717) is 5.92 Å². The highest BCUT2D eigenvalue weighted by Crippen LogP contribution is 2.26. The molecular formula is C18H19N5. The van der Waals surface area contributed by atoms with Crippen LogP contribution >= 0.6 is 0 Å². The summed E-state index contributed by atoms with van der Waals surface area (Å²) in [5, 5.41) is 3.45. The zero-order chi connectivity index (χ0) is 15.5. The first-order valence-corrected chi connectivity index (χ1v) is 8.03. The van der Waals surface area contributed by atoms with Crippen molar-refractivity contribution >= 4 is 5.82 Å². The van der Waals surface area contributed by atoms with E-state index < -0.39 is 0 Å². The van der Waals surface area contributed by atoms with Crippen LogP contribution in [0.4, 0.5) is 5.82 Å². The van der Waals surface area contributed by atoms with Crippen LogP contribution in [0.15, 0.2) is 55.0 Å². The van der Waals surface area contributed by atoms with Gasteiger partial charge in [-0.2, -0.15) is 0 Å². The van der Waals surface area contributed by atoms with Crippen LogP contribution in [0.3, 0.4) is 0 Å². The summed E-state index contributed by atoms with van der Waals surface area (Å²) in [6, 6.07) is 12.0. The van der Waals surface area contributed by atoms with E-state index in [0.717, 1.165) is 30.3 Å². The molecule has 3 heterocycles. The molecule has 4 rings (SSSR count). The van der Waals surface area contributed by atoms with E-state index in [1.807, 2.05) is 42.6 Å². The molecule has 0 bridgehead atoms. The lowest BCUT2D eigenvalue weighted by Gasteiger charge is -2.23. The molecule has 5 nitrogen and oxygen atoms in total. The van der Waals surface area contributed by atoms with Crippen LogP contribution < -0.4 is 5.32 Å². The molecule has 1 aromatic carbocycles. The molecular weight excluding hydrogens is 286 g/mol. The van der Waals surface area contributed by atoms with E-state index in [9.17, 15) is 0 Å². The van der Waals surface area contributed by atoms with Crippen molar-refractivity contribution in [2.75, 3.05) is 11.9 Å². The minimum atomic E-state index is 0.439. The highest BCUT2D eigenvalue weighted by molar-refractivity contribution is 5.56. The second kappa shape index (κ2) is 6.20. The number of rotatable bonds is 4. The highest BCUT2D eigenvalue weighted by atomic mass is 15.1. The molecule has 1 unspecified atom stereocenters. The molecule has 0 radical (unpaired) electrons. The monoisotopic (exact) mass is 305 g/mol. The molecule has 0 saturated heterocycles. The van der Waals surface area contributed by atoms with Crippen LogP contribution in [-0.2, 0) is 6.54 Å². The van der Waals surface area contributed by atoms with Crippen LogP contribution in [0.5, 0.6) is 0 Å². The van der Waals surface area contributed by atoms with Crippen molar-refractivity contribution in [1.29, 1.82) is 0 Å². The molecule has 1 atom stereocenters. The van der Waals surface area contributed by atoms with Crippen molar-refractivity contribution in [1.82, 2.24) is 19.5 Å². The predicted octanol–water partition coefficient (Wildman–Crippen LogP) is 3.33. The van der Waals surface area contributed by atoms with Crippen LogP contribution in [0.1, 0.15) is 24.6 Å². The summed E-state index contributed by atoms with van der Waals surface area (Å²) < 4.78 is 2.26. The first-order valence-electron chi connectivity index (χ1n) is 8.03. The third kappa shape index (κ3) is 2.95. The van der Waals surface area contributed by atoms with Gasteiger partial charge in [-0.1, -0.05) is 30.3 Å². The Kier molecular flexibility index (Phi) is 3.76. The molecule has 5 heteroatoms. The van der Waals surface area contributed by atoms with Crippen molar-refractivity contribution in [3.8, 4) is 11.4 Å². The summed E-state index contributed by atoms with van der Waals surface area (Å²) in [7, 11) is 0. The number of benzene rings is 1. The van der Waals surface area contributed by atoms with Gasteiger partial charge in [0.1, 0.15) is 11.6 Å². The summed E-state index contributed by atoms with van der Waals surface area (Å²) in [5.41, 5.74) is 1.03. The Bertz CT molecular complexity index is 781. The van der Waals surface area contributed by atoms with E-state index in [-0.39, 0.29) is 0 Å². The van der Waals surface area contributed by atoms with Crippen molar-refractivity contribution in [3.63, 3.8) is 0 Å². The third-order valence-corrected chi connectivity index (χ3v) is 4.28. The highest BCUT2D eigenvalue weighted by Gasteiger charge is 2.21. The minimum Gasteiger partial charge on any atom is -0.369 e. The van der Waals surface area contributed by atoms with Crippen molar-refractivity contribution in [2.24, 2.45) is 0 Å². The molecule has 0 spiro atoms. The van der Waals surface area contributed by atoms with Gasteiger partial charge in [0.2, 0.25) is 0 Å². The molecule has 0 aliphatic carbocycles. The van der Waals surface area contributed by atoms with Crippen LogP contribution in [0.2, 0.25) is 0 Å². The lowest BCUT2D eigenvalue weighted by Crippen LogP contribution is -2.22. The number of hydrogen-bond donors (Lipinski definition) is 1. The molecule has 0 amide bonds. The molecule has 23 heavy (non-hydrogen) atoms. The predicted molar refractivity (Wildman–Crippen MR) is 90.2 cm³/mol. The second-order valence-corrected chi connectivity index (χ2v) is 5.83. The maximum absolute atomic E-state index is 4.62. The van der Waals surface area contributed by atoms with Gasteiger partial charge in [0.15, 0.2) is 5.82 Å². The van der Waals surface area contributed by atoms with Crippen LogP contribution in [0.25, 0.3) is 11.4 Å². The molecule has 1 aliphatic heterocycles. The van der Waals surface area contributed by atoms with Crippen LogP contribution in [0, 0.1) is 0 Å². The second-order valence-electron chi connectivity index (χ2n) is 5.83. The Labute approximate surface area is 135 Å². The van der Waals surface area contributed by atoms with E-state index in [1.54, 1.807) is 6.20 Å². The van der Waals surface area contributed by atoms with Crippen molar-refractivity contribution in [3.05, 3.63) is 60.8 Å². The standard InChI is InChI=1S/C18H19N5/c1-2-5-14(6-3-1)17-19-9-8-16(22-17)21-13-15-7-4-11-23-12-10-20-18(15)23/h1-3,5-6,8-10,12,15H,4,7,11,13H2,(H,19,21,22). The summed E-state index contributed by atoms with van der Waals surface area (Å²) in [6.45, 7) is 1.93. The van der Waals surface area contributed by atoms with Gasteiger partial charge in [0.25, 0.3) is 0 Å². The topological polar surface area (TPSA) is 55.6 Å². The number of hydrogen-bond acceptors (Lipinski definition) is 4. The van der Waals surface area contributed by atoms with Gasteiger partial charge in [-0.3, -0.25) is 0 Å². The number of aryl methyl sites for hydroxylation is 1. The first kappa shape index (κ1) is 13.9. The average molecular weight is 305 g/mol. The quantitative estimate of drug-likeness (QED) is 0.803. The Morgan fingerprint density at radius 2 is 2.00 bits per heavy atom. The molecule has 116 valence electrons. The molecule has 1 aliphatic rings. The number of imidazole rings is 1. The summed E-state index contributed by atoms with van der Waals surface area (Å²) in [6.07, 6.45) is 8.14. The molecule has 0 fully saturated rings. The van der Waals surface area contributed by atoms with Gasteiger partial charge < -0.3 is 9.88 Å². The van der Waals surface area contributed by atoms with Gasteiger partial charge in [0, 0.05) is 43.2 Å². The van der Waals surface area contributed by atoms with E-state index in [1.165, 1.54) is 18.7 Å². The fourth-order valence-corrected chi connectivity index (χ4v) is 3.11. The Hall–Kier alpha value is -2.69. The molecule has 3 aromatic rings.